The summed E-state index contributed by atoms with van der Waals surface area (Å²) in [5, 5.41) is 12.9. The lowest BCUT2D eigenvalue weighted by Crippen LogP contribution is -2.51. The Morgan fingerprint density at radius 2 is 2.12 bits per heavy atom. The van der Waals surface area contributed by atoms with Crippen LogP contribution in [0.1, 0.15) is 31.7 Å². The van der Waals surface area contributed by atoms with Gasteiger partial charge < -0.3 is 5.32 Å². The fourth-order valence-corrected chi connectivity index (χ4v) is 4.28. The van der Waals surface area contributed by atoms with Gasteiger partial charge in [0.05, 0.1) is 11.2 Å². The molecule has 1 aromatic carbocycles. The van der Waals surface area contributed by atoms with E-state index >= 15 is 0 Å². The molecule has 0 radical (unpaired) electrons. The van der Waals surface area contributed by atoms with Crippen molar-refractivity contribution in [3.63, 3.8) is 0 Å². The molecule has 1 unspecified atom stereocenters. The number of rotatable bonds is 6. The average molecular weight is 390 g/mol. The molecule has 3 rings (SSSR count). The SMILES string of the molecule is CCC1(c2ccc(NC(=O)CSc3nncs3)cc2)CCC(=O)NC1=O. The third kappa shape index (κ3) is 3.94. The molecule has 136 valence electrons. The topological polar surface area (TPSA) is 101 Å². The number of hydrogen-bond acceptors (Lipinski definition) is 7. The minimum atomic E-state index is -0.690. The lowest BCUT2D eigenvalue weighted by atomic mass is 9.72. The molecule has 2 aromatic rings. The summed E-state index contributed by atoms with van der Waals surface area (Å²) in [5.41, 5.74) is 2.45. The van der Waals surface area contributed by atoms with E-state index < -0.39 is 5.41 Å². The van der Waals surface area contributed by atoms with E-state index in [4.69, 9.17) is 0 Å². The fourth-order valence-electron chi connectivity index (χ4n) is 2.99. The van der Waals surface area contributed by atoms with Crippen molar-refractivity contribution in [1.29, 1.82) is 0 Å². The van der Waals surface area contributed by atoms with Gasteiger partial charge in [0.15, 0.2) is 4.34 Å². The summed E-state index contributed by atoms with van der Waals surface area (Å²) in [7, 11) is 0. The second kappa shape index (κ2) is 7.96. The van der Waals surface area contributed by atoms with Crippen LogP contribution < -0.4 is 10.6 Å². The summed E-state index contributed by atoms with van der Waals surface area (Å²) < 4.78 is 0.748. The lowest BCUT2D eigenvalue weighted by Gasteiger charge is -2.35. The number of anilines is 1. The van der Waals surface area contributed by atoms with Gasteiger partial charge in [0, 0.05) is 12.1 Å². The fraction of sp³-hybridized carbons (Fsp3) is 0.353. The zero-order valence-electron chi connectivity index (χ0n) is 14.2. The van der Waals surface area contributed by atoms with Gasteiger partial charge in [-0.2, -0.15) is 0 Å². The first-order valence-electron chi connectivity index (χ1n) is 8.17. The molecule has 0 aliphatic carbocycles. The van der Waals surface area contributed by atoms with Crippen LogP contribution in [-0.4, -0.2) is 33.7 Å². The first-order valence-corrected chi connectivity index (χ1v) is 10.0. The van der Waals surface area contributed by atoms with E-state index in [-0.39, 0.29) is 23.5 Å². The number of benzene rings is 1. The smallest absolute Gasteiger partial charge is 0.237 e. The Hall–Kier alpha value is -2.26. The summed E-state index contributed by atoms with van der Waals surface area (Å²) >= 11 is 2.72. The van der Waals surface area contributed by atoms with Gasteiger partial charge in [0.2, 0.25) is 17.7 Å². The number of carbonyl (C=O) groups is 3. The summed E-state index contributed by atoms with van der Waals surface area (Å²) in [5.74, 6) is -0.359. The zero-order chi connectivity index (χ0) is 18.6. The molecule has 0 bridgehead atoms. The molecule has 7 nitrogen and oxygen atoms in total. The van der Waals surface area contributed by atoms with Crippen molar-refractivity contribution in [2.75, 3.05) is 11.1 Å². The monoisotopic (exact) mass is 390 g/mol. The number of imide groups is 1. The van der Waals surface area contributed by atoms with E-state index in [9.17, 15) is 14.4 Å². The lowest BCUT2D eigenvalue weighted by molar-refractivity contribution is -0.138. The Balaban J connectivity index is 1.65. The molecule has 1 aliphatic rings. The second-order valence-corrected chi connectivity index (χ2v) is 7.99. The number of hydrogen-bond donors (Lipinski definition) is 2. The summed E-state index contributed by atoms with van der Waals surface area (Å²) in [6, 6.07) is 7.24. The van der Waals surface area contributed by atoms with E-state index in [1.807, 2.05) is 19.1 Å². The molecule has 1 aliphatic heterocycles. The number of nitrogens with one attached hydrogen (secondary N) is 2. The number of nitrogens with zero attached hydrogens (tertiary/aromatic N) is 2. The third-order valence-electron chi connectivity index (χ3n) is 4.46. The van der Waals surface area contributed by atoms with Gasteiger partial charge in [0.1, 0.15) is 5.51 Å². The van der Waals surface area contributed by atoms with Crippen LogP contribution in [0.5, 0.6) is 0 Å². The van der Waals surface area contributed by atoms with E-state index in [2.05, 4.69) is 20.8 Å². The molecule has 1 atom stereocenters. The van der Waals surface area contributed by atoms with Crippen molar-refractivity contribution in [3.8, 4) is 0 Å². The predicted molar refractivity (Wildman–Crippen MR) is 100 cm³/mol. The number of carbonyl (C=O) groups excluding carboxylic acids is 3. The Labute approximate surface area is 159 Å². The standard InChI is InChI=1S/C17H18N4O3S2/c1-2-17(8-7-13(22)20-15(17)24)11-3-5-12(6-4-11)19-14(23)9-25-16-21-18-10-26-16/h3-6,10H,2,7-9H2,1H3,(H,19,23)(H,20,22,24). The number of aromatic nitrogens is 2. The molecule has 1 fully saturated rings. The minimum absolute atomic E-state index is 0.135. The summed E-state index contributed by atoms with van der Waals surface area (Å²) in [6.45, 7) is 1.94. The summed E-state index contributed by atoms with van der Waals surface area (Å²) in [4.78, 5) is 35.9. The van der Waals surface area contributed by atoms with Crippen molar-refractivity contribution >= 4 is 46.5 Å². The van der Waals surface area contributed by atoms with Gasteiger partial charge in [-0.25, -0.2) is 0 Å². The van der Waals surface area contributed by atoms with Crippen LogP contribution in [0.3, 0.4) is 0 Å². The van der Waals surface area contributed by atoms with Gasteiger partial charge in [-0.05, 0) is 30.5 Å². The van der Waals surface area contributed by atoms with E-state index in [1.165, 1.54) is 23.1 Å². The van der Waals surface area contributed by atoms with Crippen molar-refractivity contribution in [2.45, 2.75) is 35.9 Å². The largest absolute Gasteiger partial charge is 0.325 e. The maximum absolute atomic E-state index is 12.4. The van der Waals surface area contributed by atoms with Crippen LogP contribution in [0.2, 0.25) is 0 Å². The summed E-state index contributed by atoms with van der Waals surface area (Å²) in [6.07, 6.45) is 1.44. The minimum Gasteiger partial charge on any atom is -0.325 e. The maximum atomic E-state index is 12.4. The molecule has 0 spiro atoms. The van der Waals surface area contributed by atoms with Gasteiger partial charge in [-0.3, -0.25) is 19.7 Å². The highest BCUT2D eigenvalue weighted by Crippen LogP contribution is 2.36. The maximum Gasteiger partial charge on any atom is 0.237 e. The highest BCUT2D eigenvalue weighted by atomic mass is 32.2. The van der Waals surface area contributed by atoms with Crippen molar-refractivity contribution < 1.29 is 14.4 Å². The Bertz CT molecular complexity index is 808. The number of thioether (sulfide) groups is 1. The molecule has 0 saturated carbocycles. The second-order valence-electron chi connectivity index (χ2n) is 5.93. The first-order chi connectivity index (χ1) is 12.5. The molecule has 1 aromatic heterocycles. The number of piperidine rings is 1. The molecule has 9 heteroatoms. The number of amides is 3. The highest BCUT2D eigenvalue weighted by molar-refractivity contribution is 8.01. The van der Waals surface area contributed by atoms with Crippen LogP contribution in [0.25, 0.3) is 0 Å². The normalized spacial score (nSPS) is 19.9. The van der Waals surface area contributed by atoms with Gasteiger partial charge >= 0.3 is 0 Å². The van der Waals surface area contributed by atoms with Crippen molar-refractivity contribution in [2.24, 2.45) is 0 Å². The zero-order valence-corrected chi connectivity index (χ0v) is 15.8. The van der Waals surface area contributed by atoms with Crippen LogP contribution in [0.4, 0.5) is 5.69 Å². The molecule has 2 N–H and O–H groups in total. The van der Waals surface area contributed by atoms with Gasteiger partial charge in [0.25, 0.3) is 0 Å². The van der Waals surface area contributed by atoms with Gasteiger partial charge in [-0.15, -0.1) is 10.2 Å². The van der Waals surface area contributed by atoms with E-state index in [0.717, 1.165) is 9.90 Å². The van der Waals surface area contributed by atoms with Crippen molar-refractivity contribution in [1.82, 2.24) is 15.5 Å². The predicted octanol–water partition coefficient (Wildman–Crippen LogP) is 2.35. The molecule has 1 saturated heterocycles. The van der Waals surface area contributed by atoms with Crippen LogP contribution in [-0.2, 0) is 19.8 Å². The molecule has 26 heavy (non-hydrogen) atoms. The molecule has 2 heterocycles. The average Bonchev–Trinajstić information content (AvgIpc) is 3.15. The molecule has 3 amide bonds. The Morgan fingerprint density at radius 1 is 1.35 bits per heavy atom. The van der Waals surface area contributed by atoms with Crippen LogP contribution in [0, 0.1) is 0 Å². The quantitative estimate of drug-likeness (QED) is 0.580. The van der Waals surface area contributed by atoms with Crippen molar-refractivity contribution in [3.05, 3.63) is 35.3 Å². The van der Waals surface area contributed by atoms with E-state index in [1.54, 1.807) is 17.6 Å². The van der Waals surface area contributed by atoms with E-state index in [0.29, 0.717) is 24.9 Å². The Kier molecular flexibility index (Phi) is 5.67. The van der Waals surface area contributed by atoms with Crippen LogP contribution >= 0.6 is 23.1 Å². The third-order valence-corrected chi connectivity index (χ3v) is 6.32. The Morgan fingerprint density at radius 3 is 2.73 bits per heavy atom. The first kappa shape index (κ1) is 18.5. The van der Waals surface area contributed by atoms with Gasteiger partial charge in [-0.1, -0.05) is 42.2 Å². The van der Waals surface area contributed by atoms with Crippen LogP contribution in [0.15, 0.2) is 34.1 Å². The molecular formula is C17H18N4O3S2. The highest BCUT2D eigenvalue weighted by Gasteiger charge is 2.42. The molecular weight excluding hydrogens is 372 g/mol.